The van der Waals surface area contributed by atoms with E-state index in [0.29, 0.717) is 0 Å². The van der Waals surface area contributed by atoms with Crippen molar-refractivity contribution in [1.29, 1.82) is 0 Å². The molecule has 2 rings (SSSR count). The molecule has 0 aliphatic heterocycles. The molecule has 1 aromatic heterocycles. The van der Waals surface area contributed by atoms with Crippen LogP contribution in [0, 0.1) is 24.4 Å². The number of nitrogens with zero attached hydrogens (tertiary/aromatic N) is 1. The lowest BCUT2D eigenvalue weighted by atomic mass is 10.1. The zero-order chi connectivity index (χ0) is 12.6. The zero-order valence-electron chi connectivity index (χ0n) is 8.72. The Balaban J connectivity index is 2.69. The molecule has 0 aliphatic rings. The Kier molecular flexibility index (Phi) is 2.71. The van der Waals surface area contributed by atoms with Gasteiger partial charge < -0.3 is 4.98 Å². The molecule has 17 heavy (non-hydrogen) atoms. The highest BCUT2D eigenvalue weighted by molar-refractivity contribution is 5.59. The maximum atomic E-state index is 13.4. The summed E-state index contributed by atoms with van der Waals surface area (Å²) < 4.78 is 39.2. The zero-order valence-corrected chi connectivity index (χ0v) is 8.72. The minimum Gasteiger partial charge on any atom is -0.311 e. The number of aromatic nitrogens is 2. The predicted molar refractivity (Wildman–Crippen MR) is 54.9 cm³/mol. The quantitative estimate of drug-likeness (QED) is 0.776. The maximum Gasteiger partial charge on any atom is 0.251 e. The van der Waals surface area contributed by atoms with Crippen LogP contribution in [0.2, 0.25) is 0 Å². The monoisotopic (exact) mass is 240 g/mol. The fourth-order valence-electron chi connectivity index (χ4n) is 1.44. The fraction of sp³-hybridized carbons (Fsp3) is 0.0909. The molecule has 0 bridgehead atoms. The third kappa shape index (κ3) is 2.06. The first kappa shape index (κ1) is 11.4. The van der Waals surface area contributed by atoms with Gasteiger partial charge in [0.05, 0.1) is 5.69 Å². The first-order chi connectivity index (χ1) is 7.99. The van der Waals surface area contributed by atoms with E-state index < -0.39 is 23.0 Å². The van der Waals surface area contributed by atoms with Crippen LogP contribution < -0.4 is 5.56 Å². The SMILES string of the molecule is Cc1nc(-c2ccc(F)c(F)c2F)cc(=O)[nH]1. The topological polar surface area (TPSA) is 45.8 Å². The third-order valence-corrected chi connectivity index (χ3v) is 2.17. The van der Waals surface area contributed by atoms with E-state index in [1.807, 2.05) is 0 Å². The van der Waals surface area contributed by atoms with E-state index in [4.69, 9.17) is 0 Å². The van der Waals surface area contributed by atoms with Crippen molar-refractivity contribution in [2.75, 3.05) is 0 Å². The largest absolute Gasteiger partial charge is 0.311 e. The molecule has 0 unspecified atom stereocenters. The van der Waals surface area contributed by atoms with E-state index in [1.165, 1.54) is 6.92 Å². The first-order valence-electron chi connectivity index (χ1n) is 4.71. The van der Waals surface area contributed by atoms with E-state index in [1.54, 1.807) is 0 Å². The molecular weight excluding hydrogens is 233 g/mol. The van der Waals surface area contributed by atoms with Gasteiger partial charge in [0.15, 0.2) is 17.5 Å². The third-order valence-electron chi connectivity index (χ3n) is 2.17. The van der Waals surface area contributed by atoms with Crippen LogP contribution in [0.15, 0.2) is 23.0 Å². The highest BCUT2D eigenvalue weighted by atomic mass is 19.2. The van der Waals surface area contributed by atoms with Gasteiger partial charge in [-0.3, -0.25) is 4.79 Å². The van der Waals surface area contributed by atoms with Gasteiger partial charge in [-0.25, -0.2) is 18.2 Å². The van der Waals surface area contributed by atoms with Gasteiger partial charge in [0, 0.05) is 11.6 Å². The normalized spacial score (nSPS) is 10.6. The van der Waals surface area contributed by atoms with Gasteiger partial charge in [-0.2, -0.15) is 0 Å². The standard InChI is InChI=1S/C11H7F3N2O/c1-5-15-8(4-9(17)16-5)6-2-3-7(12)11(14)10(6)13/h2-4H,1H3,(H,15,16,17). The molecule has 6 heteroatoms. The Hall–Kier alpha value is -2.11. The highest BCUT2D eigenvalue weighted by Crippen LogP contribution is 2.23. The summed E-state index contributed by atoms with van der Waals surface area (Å²) in [6, 6.07) is 2.84. The molecule has 0 radical (unpaired) electrons. The van der Waals surface area contributed by atoms with Crippen molar-refractivity contribution in [3.05, 3.63) is 51.8 Å². The molecule has 0 spiro atoms. The van der Waals surface area contributed by atoms with Crippen molar-refractivity contribution in [1.82, 2.24) is 9.97 Å². The van der Waals surface area contributed by atoms with Gasteiger partial charge in [0.25, 0.3) is 5.56 Å². The second-order valence-electron chi connectivity index (χ2n) is 3.44. The van der Waals surface area contributed by atoms with Crippen molar-refractivity contribution in [2.24, 2.45) is 0 Å². The minimum atomic E-state index is -1.58. The number of aromatic amines is 1. The maximum absolute atomic E-state index is 13.4. The van der Waals surface area contributed by atoms with Crippen LogP contribution in [0.1, 0.15) is 5.82 Å². The number of halogens is 3. The molecule has 0 fully saturated rings. The molecule has 1 N–H and O–H groups in total. The van der Waals surface area contributed by atoms with E-state index in [9.17, 15) is 18.0 Å². The van der Waals surface area contributed by atoms with Crippen LogP contribution in [-0.2, 0) is 0 Å². The van der Waals surface area contributed by atoms with Crippen molar-refractivity contribution < 1.29 is 13.2 Å². The lowest BCUT2D eigenvalue weighted by Crippen LogP contribution is -2.09. The smallest absolute Gasteiger partial charge is 0.251 e. The molecule has 0 saturated carbocycles. The van der Waals surface area contributed by atoms with Crippen molar-refractivity contribution in [3.63, 3.8) is 0 Å². The number of rotatable bonds is 1. The van der Waals surface area contributed by atoms with E-state index >= 15 is 0 Å². The molecule has 0 atom stereocenters. The summed E-state index contributed by atoms with van der Waals surface area (Å²) in [5.74, 6) is -3.96. The van der Waals surface area contributed by atoms with E-state index in [0.717, 1.165) is 18.2 Å². The highest BCUT2D eigenvalue weighted by Gasteiger charge is 2.15. The average molecular weight is 240 g/mol. The number of benzene rings is 1. The number of hydrogen-bond acceptors (Lipinski definition) is 2. The van der Waals surface area contributed by atoms with Gasteiger partial charge in [-0.1, -0.05) is 0 Å². The summed E-state index contributed by atoms with van der Waals surface area (Å²) >= 11 is 0. The second kappa shape index (κ2) is 4.04. The lowest BCUT2D eigenvalue weighted by Gasteiger charge is -2.04. The molecule has 0 saturated heterocycles. The van der Waals surface area contributed by atoms with E-state index in [-0.39, 0.29) is 17.1 Å². The fourth-order valence-corrected chi connectivity index (χ4v) is 1.44. The Bertz CT molecular complexity index is 637. The Morgan fingerprint density at radius 2 is 1.88 bits per heavy atom. The van der Waals surface area contributed by atoms with Crippen molar-refractivity contribution >= 4 is 0 Å². The Morgan fingerprint density at radius 3 is 2.53 bits per heavy atom. The molecule has 2 aromatic rings. The predicted octanol–water partition coefficient (Wildman–Crippen LogP) is 2.16. The van der Waals surface area contributed by atoms with Crippen molar-refractivity contribution in [3.8, 4) is 11.3 Å². The number of aryl methyl sites for hydroxylation is 1. The Morgan fingerprint density at radius 1 is 1.18 bits per heavy atom. The van der Waals surface area contributed by atoms with Gasteiger partial charge >= 0.3 is 0 Å². The summed E-state index contributed by atoms with van der Waals surface area (Å²) in [6.45, 7) is 1.50. The van der Waals surface area contributed by atoms with Crippen LogP contribution >= 0.6 is 0 Å². The van der Waals surface area contributed by atoms with Crippen LogP contribution in [0.5, 0.6) is 0 Å². The molecule has 88 valence electrons. The van der Waals surface area contributed by atoms with Gasteiger partial charge in [-0.15, -0.1) is 0 Å². The number of hydrogen-bond donors (Lipinski definition) is 1. The van der Waals surface area contributed by atoms with Crippen molar-refractivity contribution in [2.45, 2.75) is 6.92 Å². The average Bonchev–Trinajstić information content (AvgIpc) is 2.24. The summed E-state index contributed by atoms with van der Waals surface area (Å²) in [5, 5.41) is 0. The summed E-state index contributed by atoms with van der Waals surface area (Å²) in [7, 11) is 0. The first-order valence-corrected chi connectivity index (χ1v) is 4.71. The number of H-pyrrole nitrogens is 1. The summed E-state index contributed by atoms with van der Waals surface area (Å²) in [5.41, 5.74) is -0.780. The Labute approximate surface area is 94.0 Å². The van der Waals surface area contributed by atoms with Gasteiger partial charge in [0.2, 0.25) is 0 Å². The van der Waals surface area contributed by atoms with Crippen LogP contribution in [-0.4, -0.2) is 9.97 Å². The van der Waals surface area contributed by atoms with E-state index in [2.05, 4.69) is 9.97 Å². The molecule has 0 amide bonds. The summed E-state index contributed by atoms with van der Waals surface area (Å²) in [6.07, 6.45) is 0. The van der Waals surface area contributed by atoms with Gasteiger partial charge in [-0.05, 0) is 19.1 Å². The second-order valence-corrected chi connectivity index (χ2v) is 3.44. The molecule has 0 aliphatic carbocycles. The van der Waals surface area contributed by atoms with Gasteiger partial charge in [0.1, 0.15) is 5.82 Å². The minimum absolute atomic E-state index is 0.0392. The summed E-state index contributed by atoms with van der Waals surface area (Å²) in [4.78, 5) is 17.4. The molecule has 3 nitrogen and oxygen atoms in total. The molecule has 1 aromatic carbocycles. The molecular formula is C11H7F3N2O. The molecule has 1 heterocycles. The van der Waals surface area contributed by atoms with Crippen LogP contribution in [0.3, 0.4) is 0 Å². The van der Waals surface area contributed by atoms with Crippen LogP contribution in [0.4, 0.5) is 13.2 Å². The van der Waals surface area contributed by atoms with Crippen LogP contribution in [0.25, 0.3) is 11.3 Å². The lowest BCUT2D eigenvalue weighted by molar-refractivity contribution is 0.449. The number of nitrogens with one attached hydrogen (secondary N) is 1.